The molecule has 0 heterocycles. The maximum absolute atomic E-state index is 10.3. The molecule has 0 saturated carbocycles. The van der Waals surface area contributed by atoms with Crippen LogP contribution in [-0.4, -0.2) is 24.2 Å². The molecule has 60 valence electrons. The van der Waals surface area contributed by atoms with Crippen LogP contribution in [0.2, 0.25) is 0 Å². The van der Waals surface area contributed by atoms with E-state index in [0.717, 1.165) is 6.42 Å². The lowest BCUT2D eigenvalue weighted by Crippen LogP contribution is -2.35. The van der Waals surface area contributed by atoms with E-state index in [1.54, 1.807) is 0 Å². The highest BCUT2D eigenvalue weighted by molar-refractivity contribution is 5.73. The lowest BCUT2D eigenvalue weighted by molar-refractivity contribution is -0.143. The summed E-state index contributed by atoms with van der Waals surface area (Å²) in [6, 6.07) is -0.574. The third kappa shape index (κ3) is 3.42. The third-order valence-corrected chi connectivity index (χ3v) is 1.14. The summed E-state index contributed by atoms with van der Waals surface area (Å²) >= 11 is 0. The van der Waals surface area contributed by atoms with Crippen molar-refractivity contribution in [3.63, 3.8) is 0 Å². The molecule has 0 spiro atoms. The van der Waals surface area contributed by atoms with Crippen LogP contribution in [0.4, 0.5) is 0 Å². The standard InChI is InChI=1S/C6H13NO3/c1-3-4-5(6(8)9)7-10-2/h5,7H,3-4H2,1-2H3,(H,8,9). The van der Waals surface area contributed by atoms with Gasteiger partial charge in [-0.15, -0.1) is 0 Å². The van der Waals surface area contributed by atoms with Gasteiger partial charge in [0.25, 0.3) is 0 Å². The average molecular weight is 147 g/mol. The van der Waals surface area contributed by atoms with Gasteiger partial charge >= 0.3 is 5.97 Å². The van der Waals surface area contributed by atoms with E-state index in [-0.39, 0.29) is 0 Å². The normalized spacial score (nSPS) is 13.0. The van der Waals surface area contributed by atoms with Gasteiger partial charge in [0.2, 0.25) is 0 Å². The van der Waals surface area contributed by atoms with Crippen molar-refractivity contribution in [3.8, 4) is 0 Å². The van der Waals surface area contributed by atoms with Crippen molar-refractivity contribution in [2.45, 2.75) is 25.8 Å². The van der Waals surface area contributed by atoms with Crippen molar-refractivity contribution >= 4 is 5.97 Å². The van der Waals surface area contributed by atoms with Crippen LogP contribution >= 0.6 is 0 Å². The summed E-state index contributed by atoms with van der Waals surface area (Å²) in [7, 11) is 1.41. The minimum Gasteiger partial charge on any atom is -0.480 e. The topological polar surface area (TPSA) is 58.6 Å². The number of carbonyl (C=O) groups is 1. The molecule has 0 aromatic carbocycles. The molecule has 1 atom stereocenters. The molecule has 0 aromatic heterocycles. The van der Waals surface area contributed by atoms with Gasteiger partial charge in [-0.3, -0.25) is 4.79 Å². The first kappa shape index (κ1) is 9.39. The summed E-state index contributed by atoms with van der Waals surface area (Å²) in [4.78, 5) is 14.8. The van der Waals surface area contributed by atoms with Gasteiger partial charge in [-0.2, -0.15) is 5.48 Å². The molecule has 0 saturated heterocycles. The number of rotatable bonds is 5. The SMILES string of the molecule is CCCC(NOC)C(=O)O. The molecule has 0 aliphatic heterocycles. The van der Waals surface area contributed by atoms with Crippen molar-refractivity contribution in [2.75, 3.05) is 7.11 Å². The van der Waals surface area contributed by atoms with Gasteiger partial charge in [-0.1, -0.05) is 13.3 Å². The van der Waals surface area contributed by atoms with Crippen molar-refractivity contribution in [1.29, 1.82) is 0 Å². The maximum atomic E-state index is 10.3. The molecule has 4 heteroatoms. The first-order valence-electron chi connectivity index (χ1n) is 3.23. The van der Waals surface area contributed by atoms with Crippen molar-refractivity contribution in [1.82, 2.24) is 5.48 Å². The van der Waals surface area contributed by atoms with E-state index >= 15 is 0 Å². The summed E-state index contributed by atoms with van der Waals surface area (Å²) in [5, 5.41) is 8.49. The summed E-state index contributed by atoms with van der Waals surface area (Å²) in [6.45, 7) is 1.92. The van der Waals surface area contributed by atoms with E-state index in [1.165, 1.54) is 7.11 Å². The lowest BCUT2D eigenvalue weighted by Gasteiger charge is -2.09. The zero-order chi connectivity index (χ0) is 7.98. The first-order valence-corrected chi connectivity index (χ1v) is 3.23. The summed E-state index contributed by atoms with van der Waals surface area (Å²) in [6.07, 6.45) is 1.41. The second-order valence-corrected chi connectivity index (χ2v) is 2.00. The number of hydrogen-bond donors (Lipinski definition) is 2. The fraction of sp³-hybridized carbons (Fsp3) is 0.833. The van der Waals surface area contributed by atoms with E-state index in [0.29, 0.717) is 6.42 Å². The van der Waals surface area contributed by atoms with E-state index in [9.17, 15) is 4.79 Å². The molecule has 4 nitrogen and oxygen atoms in total. The largest absolute Gasteiger partial charge is 0.480 e. The molecule has 10 heavy (non-hydrogen) atoms. The number of aliphatic carboxylic acids is 1. The number of hydrogen-bond acceptors (Lipinski definition) is 3. The fourth-order valence-electron chi connectivity index (χ4n) is 0.664. The Labute approximate surface area is 60.1 Å². The predicted molar refractivity (Wildman–Crippen MR) is 36.5 cm³/mol. The second kappa shape index (κ2) is 5.20. The zero-order valence-corrected chi connectivity index (χ0v) is 6.26. The van der Waals surface area contributed by atoms with Crippen LogP contribution in [0.3, 0.4) is 0 Å². The molecule has 0 bridgehead atoms. The van der Waals surface area contributed by atoms with Crippen LogP contribution in [0, 0.1) is 0 Å². The molecular weight excluding hydrogens is 134 g/mol. The zero-order valence-electron chi connectivity index (χ0n) is 6.26. The Bertz CT molecular complexity index is 99.2. The molecule has 0 aromatic rings. The minimum atomic E-state index is -0.872. The number of carboxylic acids is 1. The van der Waals surface area contributed by atoms with Gasteiger partial charge in [0.1, 0.15) is 6.04 Å². The average Bonchev–Trinajstić information content (AvgIpc) is 1.87. The minimum absolute atomic E-state index is 0.574. The van der Waals surface area contributed by atoms with Crippen LogP contribution in [0.5, 0.6) is 0 Å². The van der Waals surface area contributed by atoms with Crippen LogP contribution in [0.25, 0.3) is 0 Å². The Kier molecular flexibility index (Phi) is 4.88. The Balaban J connectivity index is 3.61. The van der Waals surface area contributed by atoms with Crippen LogP contribution in [-0.2, 0) is 9.63 Å². The van der Waals surface area contributed by atoms with Gasteiger partial charge in [0, 0.05) is 0 Å². The van der Waals surface area contributed by atoms with Crippen molar-refractivity contribution in [3.05, 3.63) is 0 Å². The molecule has 2 N–H and O–H groups in total. The number of nitrogens with one attached hydrogen (secondary N) is 1. The van der Waals surface area contributed by atoms with Gasteiger partial charge in [-0.05, 0) is 6.42 Å². The Hall–Kier alpha value is -0.610. The Morgan fingerprint density at radius 1 is 1.80 bits per heavy atom. The van der Waals surface area contributed by atoms with Gasteiger partial charge in [0.15, 0.2) is 0 Å². The van der Waals surface area contributed by atoms with Gasteiger partial charge < -0.3 is 9.94 Å². The van der Waals surface area contributed by atoms with Crippen molar-refractivity contribution < 1.29 is 14.7 Å². The fourth-order valence-corrected chi connectivity index (χ4v) is 0.664. The molecule has 0 amide bonds. The highest BCUT2D eigenvalue weighted by atomic mass is 16.6. The maximum Gasteiger partial charge on any atom is 0.323 e. The quantitative estimate of drug-likeness (QED) is 0.552. The predicted octanol–water partition coefficient (Wildman–Crippen LogP) is 0.391. The Morgan fingerprint density at radius 2 is 2.40 bits per heavy atom. The van der Waals surface area contributed by atoms with Crippen LogP contribution in [0.15, 0.2) is 0 Å². The lowest BCUT2D eigenvalue weighted by atomic mass is 10.2. The molecular formula is C6H13NO3. The van der Waals surface area contributed by atoms with Crippen LogP contribution < -0.4 is 5.48 Å². The van der Waals surface area contributed by atoms with E-state index in [1.807, 2.05) is 6.92 Å². The number of hydroxylamine groups is 1. The smallest absolute Gasteiger partial charge is 0.323 e. The number of carboxylic acid groups (broad SMARTS) is 1. The van der Waals surface area contributed by atoms with E-state index in [2.05, 4.69) is 10.3 Å². The highest BCUT2D eigenvalue weighted by Crippen LogP contribution is 1.95. The summed E-state index contributed by atoms with van der Waals surface area (Å²) in [5.41, 5.74) is 2.38. The first-order chi connectivity index (χ1) is 4.72. The second-order valence-electron chi connectivity index (χ2n) is 2.00. The molecule has 0 aliphatic rings. The van der Waals surface area contributed by atoms with Crippen LogP contribution in [0.1, 0.15) is 19.8 Å². The molecule has 1 unspecified atom stereocenters. The highest BCUT2D eigenvalue weighted by Gasteiger charge is 2.14. The van der Waals surface area contributed by atoms with E-state index in [4.69, 9.17) is 5.11 Å². The Morgan fingerprint density at radius 3 is 2.70 bits per heavy atom. The summed E-state index contributed by atoms with van der Waals surface area (Å²) in [5.74, 6) is -0.872. The summed E-state index contributed by atoms with van der Waals surface area (Å²) < 4.78 is 0. The van der Waals surface area contributed by atoms with Gasteiger partial charge in [0.05, 0.1) is 7.11 Å². The van der Waals surface area contributed by atoms with Crippen molar-refractivity contribution in [2.24, 2.45) is 0 Å². The molecule has 0 rings (SSSR count). The monoisotopic (exact) mass is 147 g/mol. The van der Waals surface area contributed by atoms with Gasteiger partial charge in [-0.25, -0.2) is 0 Å². The van der Waals surface area contributed by atoms with E-state index < -0.39 is 12.0 Å². The molecule has 0 fully saturated rings. The molecule has 0 aliphatic carbocycles. The molecule has 0 radical (unpaired) electrons. The third-order valence-electron chi connectivity index (χ3n) is 1.14.